The molecule has 19 aliphatic rings. The van der Waals surface area contributed by atoms with Crippen molar-refractivity contribution >= 4 is 39.0 Å². The van der Waals surface area contributed by atoms with Gasteiger partial charge in [-0.2, -0.15) is 0 Å². The molecule has 27 atom stereocenters. The van der Waals surface area contributed by atoms with Crippen LogP contribution in [0.5, 0.6) is 5.75 Å². The Morgan fingerprint density at radius 2 is 1.74 bits per heavy atom. The number of ether oxygens (including phenoxy) is 3. The van der Waals surface area contributed by atoms with Crippen molar-refractivity contribution in [3.05, 3.63) is 71.4 Å². The molecule has 9 aliphatic heterocycles. The van der Waals surface area contributed by atoms with Gasteiger partial charge in [-0.05, 0) is 203 Å². The van der Waals surface area contributed by atoms with E-state index < -0.39 is 109 Å². The third-order valence-electron chi connectivity index (χ3n) is 32.7. The van der Waals surface area contributed by atoms with Crippen LogP contribution in [0.2, 0.25) is 0 Å². The predicted molar refractivity (Wildman–Crippen MR) is 365 cm³/mol. The second-order valence-corrected chi connectivity index (χ2v) is 37.9. The maximum atomic E-state index is 17.3. The van der Waals surface area contributed by atoms with Gasteiger partial charge < -0.3 is 65.3 Å². The highest BCUT2D eigenvalue weighted by Gasteiger charge is 2.87. The minimum absolute atomic E-state index is 0.0108. The number of amides is 1. The van der Waals surface area contributed by atoms with Crippen LogP contribution in [0.3, 0.4) is 0 Å². The molecular formula is C79H104N2O13S2. The van der Waals surface area contributed by atoms with E-state index in [1.54, 1.807) is 6.07 Å². The summed E-state index contributed by atoms with van der Waals surface area (Å²) in [5.74, 6) is 6.49. The number of allylic oxidation sites excluding steroid dienone is 3. The van der Waals surface area contributed by atoms with Crippen molar-refractivity contribution in [3.63, 3.8) is 0 Å². The van der Waals surface area contributed by atoms with Gasteiger partial charge in [-0.15, -0.1) is 5.92 Å². The number of aryl methyl sites for hydroxylation is 1. The summed E-state index contributed by atoms with van der Waals surface area (Å²) in [4.78, 5) is 36.1. The summed E-state index contributed by atoms with van der Waals surface area (Å²) >= 11 is 0. The van der Waals surface area contributed by atoms with Gasteiger partial charge in [-0.3, -0.25) is 9.59 Å². The lowest BCUT2D eigenvalue weighted by atomic mass is 9.29. The maximum Gasteiger partial charge on any atom is 0.234 e. The van der Waals surface area contributed by atoms with Crippen molar-refractivity contribution in [2.45, 2.75) is 233 Å². The highest BCUT2D eigenvalue weighted by molar-refractivity contribution is 8.76. The minimum atomic E-state index is -2.03. The number of benzene rings is 1. The quantitative estimate of drug-likeness (QED) is 0.0577. The van der Waals surface area contributed by atoms with Crippen molar-refractivity contribution < 1.29 is 64.7 Å². The molecule has 6 spiro atoms. The molecule has 15 nitrogen and oxygen atoms in total. The van der Waals surface area contributed by atoms with Crippen LogP contribution in [0.4, 0.5) is 5.69 Å². The number of carbonyl (C=O) groups is 2. The van der Waals surface area contributed by atoms with Gasteiger partial charge in [0, 0.05) is 94.7 Å². The van der Waals surface area contributed by atoms with E-state index in [1.807, 2.05) is 17.0 Å². The Labute approximate surface area is 574 Å². The number of phenols is 1. The zero-order valence-corrected chi connectivity index (χ0v) is 58.4. The summed E-state index contributed by atoms with van der Waals surface area (Å²) in [6.07, 6.45) is 23.5. The van der Waals surface area contributed by atoms with E-state index in [1.165, 1.54) is 27.2 Å². The van der Waals surface area contributed by atoms with Gasteiger partial charge >= 0.3 is 0 Å². The van der Waals surface area contributed by atoms with Crippen molar-refractivity contribution in [2.75, 3.05) is 43.6 Å². The molecule has 9 N–H and O–H groups in total. The molecule has 17 heteroatoms. The lowest BCUT2D eigenvalue weighted by Gasteiger charge is -2.76. The van der Waals surface area contributed by atoms with Crippen LogP contribution in [-0.4, -0.2) is 156 Å². The number of nitrogens with zero attached hydrogens (tertiary/aromatic N) is 1. The molecule has 0 radical (unpaired) electrons. The van der Waals surface area contributed by atoms with E-state index in [4.69, 9.17) is 14.2 Å². The Balaban J connectivity index is 0.827. The fourth-order valence-corrected chi connectivity index (χ4v) is 31.6. The number of rotatable bonds is 5. The fraction of sp³-hybridized carbons (Fsp3) is 0.772. The average Bonchev–Trinajstić information content (AvgIpc) is 1.15. The highest BCUT2D eigenvalue weighted by atomic mass is 33.1. The fourth-order valence-electron chi connectivity index (χ4n) is 28.6. The van der Waals surface area contributed by atoms with E-state index in [-0.39, 0.29) is 84.5 Å². The number of aliphatic hydroxyl groups excluding tert-OH is 5. The van der Waals surface area contributed by atoms with Crippen LogP contribution in [0.15, 0.2) is 65.8 Å². The first-order chi connectivity index (χ1) is 46.1. The molecule has 0 aromatic heterocycles. The molecule has 11 fully saturated rings. The lowest BCUT2D eigenvalue weighted by molar-refractivity contribution is -0.321. The highest BCUT2D eigenvalue weighted by Crippen LogP contribution is 2.85. The molecule has 1 aromatic carbocycles. The number of aliphatic hydroxyl groups is 7. The molecule has 0 unspecified atom stereocenters. The number of hydrogen-bond donors (Lipinski definition) is 9. The summed E-state index contributed by atoms with van der Waals surface area (Å²) in [7, 11) is 2.66. The average molecular weight is 1350 g/mol. The Bertz CT molecular complexity index is 3600. The molecule has 7 saturated carbocycles. The van der Waals surface area contributed by atoms with Crippen LogP contribution >= 0.6 is 21.6 Å². The van der Waals surface area contributed by atoms with Crippen LogP contribution in [-0.2, 0) is 30.2 Å². The molecule has 1 amide bonds. The number of carbonyl (C=O) groups excluding carboxylic acids is 2. The van der Waals surface area contributed by atoms with Crippen LogP contribution < -0.4 is 10.2 Å². The minimum Gasteiger partial charge on any atom is -0.508 e. The van der Waals surface area contributed by atoms with Gasteiger partial charge in [-0.1, -0.05) is 105 Å². The largest absolute Gasteiger partial charge is 0.508 e. The predicted octanol–water partition coefficient (Wildman–Crippen LogP) is 9.45. The first kappa shape index (κ1) is 65.0. The SMILES string of the molecule is CC(C)[C@@H](C)[C@@H]1O[C@H]1[C@@]1(O)CC=C[C@@]23CCO[C@@]45CC[C@H]1[C@@]24CCc1cc(O)cc(c1)N1C[C@@]2(C[C@H]4C#CC[C@H]6CC[C@]7(C6)N[C@H](C[C@@H]6C=C8C=CCO[C@H]8C[C@@H]67)[C@H]4[C@@H]2O)[C@]2(C1=O)[C@H](CO)CCC[C@@H]2CSS[C@@H](O)[C@@]12C[C@@H](O)[C@](O)(CO)C4(CCCC4)[C@]1(C)[C@@H](C3)C5=CC2=O. The smallest absolute Gasteiger partial charge is 0.234 e. The van der Waals surface area contributed by atoms with E-state index in [0.717, 1.165) is 56.1 Å². The number of phenolic OH excluding ortho intramolecular Hbond substituents is 1. The van der Waals surface area contributed by atoms with Gasteiger partial charge in [0.1, 0.15) is 28.5 Å². The van der Waals surface area contributed by atoms with Gasteiger partial charge in [0.15, 0.2) is 5.78 Å². The van der Waals surface area contributed by atoms with E-state index in [9.17, 15) is 40.9 Å². The van der Waals surface area contributed by atoms with Crippen molar-refractivity contribution in [3.8, 4) is 17.6 Å². The summed E-state index contributed by atoms with van der Waals surface area (Å²) in [5.41, 5.74) is -11.0. The third-order valence-corrected chi connectivity index (χ3v) is 35.3. The van der Waals surface area contributed by atoms with E-state index >= 15 is 9.59 Å². The number of piperidine rings is 1. The van der Waals surface area contributed by atoms with Crippen molar-refractivity contribution in [2.24, 2.45) is 103 Å². The molecular weight excluding hydrogens is 1250 g/mol. The third kappa shape index (κ3) is 7.86. The standard InChI is InChI=1S/C79H104N2O13S2/c1-44(2)45(3)64-66(94-64)75(90)22-10-19-70-26-28-93-78-25-18-60(75)76(70,78)24-17-47-29-53(33-54(84)30-47)81-42-71(37-49-12-7-11-46-16-23-72(36-46)55-34-59-48(13-9-27-92-59)31-50(55)32-58(80-72)63(49)65(71)87)79(67(81)88)51(40-82)14-8-15-52(79)41-95-96-68(89)74-39-62(86)77(91,43-83)73(20-5-6-21-73)69(74,4)57(38-70)56(78)35-61(74)85/h9-10,13,19,29-31,33,35,44-46,49-52,55,57-60,62-66,68,80,82-84,86-87,89-91H,5-6,8,11,14-18,20-28,32,34,36-43H2,1-4H3/t45-,46+,49-,50+,51+,52-,55+,57+,58-,59+,60-,62-,63+,64+,65+,66-,68-,69+,70+,71-,72-,74+,75-,76+,77-,78-,79-/m1/s1. The molecule has 4 saturated heterocycles. The van der Waals surface area contributed by atoms with Crippen molar-refractivity contribution in [1.82, 2.24) is 5.32 Å². The second-order valence-electron chi connectivity index (χ2n) is 35.4. The molecule has 520 valence electrons. The zero-order valence-electron chi connectivity index (χ0n) is 56.8. The molecule has 20 rings (SSSR count). The van der Waals surface area contributed by atoms with Gasteiger partial charge in [-0.25, -0.2) is 0 Å². The second kappa shape index (κ2) is 22.0. The Kier molecular flexibility index (Phi) is 14.9. The molecule has 1 aromatic rings. The Hall–Kier alpha value is -3.06. The van der Waals surface area contributed by atoms with Crippen LogP contribution in [0.1, 0.15) is 168 Å². The summed E-state index contributed by atoms with van der Waals surface area (Å²) in [6, 6.07) is 5.50. The summed E-state index contributed by atoms with van der Waals surface area (Å²) < 4.78 is 21.0. The van der Waals surface area contributed by atoms with E-state index in [2.05, 4.69) is 81.3 Å². The first-order valence-electron chi connectivity index (χ1n) is 37.7. The van der Waals surface area contributed by atoms with Crippen LogP contribution in [0, 0.1) is 115 Å². The number of hydrogen-bond acceptors (Lipinski definition) is 16. The number of fused-ring (bicyclic) bond motifs is 7. The monoisotopic (exact) mass is 1350 g/mol. The summed E-state index contributed by atoms with van der Waals surface area (Å²) in [6.45, 7) is 8.92. The number of epoxide rings is 1. The Morgan fingerprint density at radius 1 is 0.906 bits per heavy atom. The maximum absolute atomic E-state index is 17.3. The Morgan fingerprint density at radius 3 is 2.54 bits per heavy atom. The van der Waals surface area contributed by atoms with Crippen LogP contribution in [0.25, 0.3) is 0 Å². The van der Waals surface area contributed by atoms with E-state index in [0.29, 0.717) is 132 Å². The molecule has 9 heterocycles. The van der Waals surface area contributed by atoms with Gasteiger partial charge in [0.05, 0.1) is 54.1 Å². The lowest BCUT2D eigenvalue weighted by Crippen LogP contribution is -2.81. The zero-order chi connectivity index (χ0) is 66.3. The summed E-state index contributed by atoms with van der Waals surface area (Å²) in [5, 5.41) is 110. The normalized spacial score (nSPS) is 52.4. The molecule has 10 aliphatic carbocycles. The number of anilines is 1. The first-order valence-corrected chi connectivity index (χ1v) is 40.1. The molecule has 96 heavy (non-hydrogen) atoms. The number of aromatic hydroxyl groups is 1. The van der Waals surface area contributed by atoms with Gasteiger partial charge in [0.2, 0.25) is 5.91 Å². The van der Waals surface area contributed by atoms with Gasteiger partial charge in [0.25, 0.3) is 0 Å². The molecule has 13 bridgehead atoms. The number of ketones is 1. The number of nitrogens with one attached hydrogen (secondary N) is 1. The van der Waals surface area contributed by atoms with Crippen molar-refractivity contribution in [1.29, 1.82) is 0 Å². The topological polar surface area (TPSA) is 242 Å².